The van der Waals surface area contributed by atoms with Gasteiger partial charge < -0.3 is 15.6 Å². The first kappa shape index (κ1) is 14.2. The lowest BCUT2D eigenvalue weighted by molar-refractivity contribution is 0.0693. The number of ether oxygens (including phenoxy) is 1. The number of hydrogen-bond acceptors (Lipinski definition) is 4. The van der Waals surface area contributed by atoms with Crippen LogP contribution < -0.4 is 10.5 Å². The molecule has 0 unspecified atom stereocenters. The van der Waals surface area contributed by atoms with E-state index in [-0.39, 0.29) is 21.6 Å². The SMILES string of the molecule is Nc1cnc(Oc2cc(Br)cc(F)c2F)c(C(=O)O)c1. The van der Waals surface area contributed by atoms with E-state index in [4.69, 9.17) is 15.6 Å². The van der Waals surface area contributed by atoms with E-state index in [0.29, 0.717) is 0 Å². The van der Waals surface area contributed by atoms with Gasteiger partial charge in [-0.05, 0) is 18.2 Å². The Morgan fingerprint density at radius 3 is 2.70 bits per heavy atom. The molecule has 20 heavy (non-hydrogen) atoms. The zero-order chi connectivity index (χ0) is 14.9. The fraction of sp³-hybridized carbons (Fsp3) is 0. The fourth-order valence-electron chi connectivity index (χ4n) is 1.41. The Bertz CT molecular complexity index is 695. The van der Waals surface area contributed by atoms with Crippen molar-refractivity contribution in [3.8, 4) is 11.6 Å². The molecule has 0 fully saturated rings. The van der Waals surface area contributed by atoms with Gasteiger partial charge in [0.1, 0.15) is 5.56 Å². The van der Waals surface area contributed by atoms with Crippen LogP contribution in [0.2, 0.25) is 0 Å². The Morgan fingerprint density at radius 1 is 1.35 bits per heavy atom. The van der Waals surface area contributed by atoms with Crippen LogP contribution in [-0.2, 0) is 0 Å². The van der Waals surface area contributed by atoms with Gasteiger partial charge in [0.15, 0.2) is 11.6 Å². The Labute approximate surface area is 120 Å². The molecule has 5 nitrogen and oxygen atoms in total. The summed E-state index contributed by atoms with van der Waals surface area (Å²) in [5, 5.41) is 8.99. The van der Waals surface area contributed by atoms with Crippen molar-refractivity contribution in [1.82, 2.24) is 4.98 Å². The van der Waals surface area contributed by atoms with Gasteiger partial charge in [0, 0.05) is 4.47 Å². The fourth-order valence-corrected chi connectivity index (χ4v) is 1.82. The van der Waals surface area contributed by atoms with E-state index in [2.05, 4.69) is 20.9 Å². The summed E-state index contributed by atoms with van der Waals surface area (Å²) in [5.74, 6) is -4.61. The summed E-state index contributed by atoms with van der Waals surface area (Å²) in [6.45, 7) is 0. The maximum absolute atomic E-state index is 13.6. The Kier molecular flexibility index (Phi) is 3.84. The van der Waals surface area contributed by atoms with Crippen LogP contribution in [-0.4, -0.2) is 16.1 Å². The number of benzene rings is 1. The van der Waals surface area contributed by atoms with E-state index in [1.807, 2.05) is 0 Å². The molecule has 1 aromatic carbocycles. The second-order valence-electron chi connectivity index (χ2n) is 3.73. The van der Waals surface area contributed by atoms with Crippen LogP contribution >= 0.6 is 15.9 Å². The zero-order valence-electron chi connectivity index (χ0n) is 9.73. The molecule has 0 saturated carbocycles. The van der Waals surface area contributed by atoms with E-state index >= 15 is 0 Å². The third kappa shape index (κ3) is 2.85. The van der Waals surface area contributed by atoms with Gasteiger partial charge in [0.05, 0.1) is 11.9 Å². The number of rotatable bonds is 3. The van der Waals surface area contributed by atoms with Gasteiger partial charge in [-0.2, -0.15) is 4.39 Å². The summed E-state index contributed by atoms with van der Waals surface area (Å²) in [6, 6.07) is 3.18. The zero-order valence-corrected chi connectivity index (χ0v) is 11.3. The minimum absolute atomic E-state index is 0.107. The average Bonchev–Trinajstić information content (AvgIpc) is 2.37. The van der Waals surface area contributed by atoms with Crippen molar-refractivity contribution in [3.63, 3.8) is 0 Å². The summed E-state index contributed by atoms with van der Waals surface area (Å²) in [4.78, 5) is 14.7. The standard InChI is InChI=1S/C12H7BrF2N2O3/c13-5-1-8(14)10(15)9(2-5)20-11-7(12(18)19)3-6(16)4-17-11/h1-4H,16H2,(H,18,19). The molecule has 0 aliphatic heterocycles. The highest BCUT2D eigenvalue weighted by Gasteiger charge is 2.18. The molecule has 104 valence electrons. The lowest BCUT2D eigenvalue weighted by Gasteiger charge is -2.09. The van der Waals surface area contributed by atoms with Gasteiger partial charge in [-0.25, -0.2) is 14.2 Å². The van der Waals surface area contributed by atoms with Gasteiger partial charge in [-0.3, -0.25) is 0 Å². The molecule has 0 atom stereocenters. The number of nitrogens with zero attached hydrogens (tertiary/aromatic N) is 1. The topological polar surface area (TPSA) is 85.4 Å². The van der Waals surface area contributed by atoms with Crippen LogP contribution in [0.15, 0.2) is 28.9 Å². The van der Waals surface area contributed by atoms with Gasteiger partial charge >= 0.3 is 5.97 Å². The van der Waals surface area contributed by atoms with Gasteiger partial charge in [0.2, 0.25) is 11.7 Å². The summed E-state index contributed by atoms with van der Waals surface area (Å²) in [6.07, 6.45) is 1.15. The number of nitrogens with two attached hydrogens (primary N) is 1. The lowest BCUT2D eigenvalue weighted by Crippen LogP contribution is -2.04. The molecular weight excluding hydrogens is 338 g/mol. The molecule has 0 amide bonds. The van der Waals surface area contributed by atoms with E-state index < -0.39 is 23.4 Å². The monoisotopic (exact) mass is 344 g/mol. The number of carboxylic acids is 1. The van der Waals surface area contributed by atoms with Crippen molar-refractivity contribution in [1.29, 1.82) is 0 Å². The maximum atomic E-state index is 13.6. The third-order valence-corrected chi connectivity index (χ3v) is 2.73. The first-order valence-corrected chi connectivity index (χ1v) is 5.99. The van der Waals surface area contributed by atoms with Crippen LogP contribution in [0.3, 0.4) is 0 Å². The number of anilines is 1. The molecule has 3 N–H and O–H groups in total. The molecule has 0 aliphatic carbocycles. The Hall–Kier alpha value is -2.22. The van der Waals surface area contributed by atoms with Crippen LogP contribution in [0, 0.1) is 11.6 Å². The van der Waals surface area contributed by atoms with E-state index in [1.54, 1.807) is 0 Å². The predicted octanol–water partition coefficient (Wildman–Crippen LogP) is 3.20. The second-order valence-corrected chi connectivity index (χ2v) is 4.64. The van der Waals surface area contributed by atoms with Crippen molar-refractivity contribution in [2.45, 2.75) is 0 Å². The predicted molar refractivity (Wildman–Crippen MR) is 69.7 cm³/mol. The van der Waals surface area contributed by atoms with Crippen LogP contribution in [0.1, 0.15) is 10.4 Å². The number of carboxylic acid groups (broad SMARTS) is 1. The van der Waals surface area contributed by atoms with Gasteiger partial charge in [-0.15, -0.1) is 0 Å². The van der Waals surface area contributed by atoms with Crippen molar-refractivity contribution in [3.05, 3.63) is 46.1 Å². The first-order valence-electron chi connectivity index (χ1n) is 5.19. The van der Waals surface area contributed by atoms with E-state index in [1.165, 1.54) is 0 Å². The number of nitrogen functional groups attached to an aromatic ring is 1. The lowest BCUT2D eigenvalue weighted by atomic mass is 10.2. The quantitative estimate of drug-likeness (QED) is 0.835. The molecular formula is C12H7BrF2N2O3. The van der Waals surface area contributed by atoms with Crippen LogP contribution in [0.25, 0.3) is 0 Å². The Morgan fingerprint density at radius 2 is 2.05 bits per heavy atom. The summed E-state index contributed by atoms with van der Waals surface area (Å²) >= 11 is 2.98. The molecule has 1 aromatic heterocycles. The molecule has 1 heterocycles. The highest BCUT2D eigenvalue weighted by molar-refractivity contribution is 9.10. The largest absolute Gasteiger partial charge is 0.477 e. The number of carbonyl (C=O) groups is 1. The molecule has 0 aliphatic rings. The molecule has 8 heteroatoms. The third-order valence-electron chi connectivity index (χ3n) is 2.27. The van der Waals surface area contributed by atoms with Crippen molar-refractivity contribution in [2.24, 2.45) is 0 Å². The smallest absolute Gasteiger partial charge is 0.341 e. The van der Waals surface area contributed by atoms with Crippen molar-refractivity contribution in [2.75, 3.05) is 5.73 Å². The molecule has 0 bridgehead atoms. The average molecular weight is 345 g/mol. The van der Waals surface area contributed by atoms with Gasteiger partial charge in [-0.1, -0.05) is 15.9 Å². The number of halogens is 3. The summed E-state index contributed by atoms with van der Waals surface area (Å²) in [5.41, 5.74) is 5.16. The summed E-state index contributed by atoms with van der Waals surface area (Å²) < 4.78 is 32.0. The number of aromatic nitrogens is 1. The van der Waals surface area contributed by atoms with Crippen LogP contribution in [0.5, 0.6) is 11.6 Å². The number of aromatic carboxylic acids is 1. The minimum atomic E-state index is -1.35. The minimum Gasteiger partial charge on any atom is -0.477 e. The van der Waals surface area contributed by atoms with Crippen molar-refractivity contribution >= 4 is 27.6 Å². The molecule has 0 saturated heterocycles. The second kappa shape index (κ2) is 5.41. The Balaban J connectivity index is 2.48. The number of pyridine rings is 1. The molecule has 0 spiro atoms. The van der Waals surface area contributed by atoms with Gasteiger partial charge in [0.25, 0.3) is 0 Å². The van der Waals surface area contributed by atoms with Crippen LogP contribution in [0.4, 0.5) is 14.5 Å². The molecule has 0 radical (unpaired) electrons. The summed E-state index contributed by atoms with van der Waals surface area (Å²) in [7, 11) is 0. The van der Waals surface area contributed by atoms with E-state index in [0.717, 1.165) is 24.4 Å². The highest BCUT2D eigenvalue weighted by atomic mass is 79.9. The van der Waals surface area contributed by atoms with E-state index in [9.17, 15) is 13.6 Å². The normalized spacial score (nSPS) is 10.3. The number of hydrogen-bond donors (Lipinski definition) is 2. The highest BCUT2D eigenvalue weighted by Crippen LogP contribution is 2.30. The molecule has 2 aromatic rings. The first-order chi connectivity index (χ1) is 9.38. The molecule has 2 rings (SSSR count). The maximum Gasteiger partial charge on any atom is 0.341 e. The van der Waals surface area contributed by atoms with Crippen molar-refractivity contribution < 1.29 is 23.4 Å².